The van der Waals surface area contributed by atoms with Gasteiger partial charge in [-0.3, -0.25) is 4.90 Å². The Hall–Kier alpha value is -1.27. The van der Waals surface area contributed by atoms with Gasteiger partial charge in [0.05, 0.1) is 22.4 Å². The Kier molecular flexibility index (Phi) is 4.55. The zero-order valence-electron chi connectivity index (χ0n) is 12.9. The van der Waals surface area contributed by atoms with E-state index in [1.54, 1.807) is 11.3 Å². The van der Waals surface area contributed by atoms with Crippen molar-refractivity contribution in [1.82, 2.24) is 24.9 Å². The Morgan fingerprint density at radius 2 is 2.10 bits per heavy atom. The Labute approximate surface area is 124 Å². The highest BCUT2D eigenvalue weighted by Gasteiger charge is 2.15. The lowest BCUT2D eigenvalue weighted by atomic mass is 10.1. The third-order valence-corrected chi connectivity index (χ3v) is 4.01. The minimum Gasteiger partial charge on any atom is -0.300 e. The van der Waals surface area contributed by atoms with Crippen LogP contribution in [0.5, 0.6) is 0 Å². The van der Waals surface area contributed by atoms with E-state index in [-0.39, 0.29) is 5.54 Å². The van der Waals surface area contributed by atoms with Crippen LogP contribution in [0, 0.1) is 6.92 Å². The number of rotatable bonds is 5. The number of likely N-dealkylation sites (N-methyl/N-ethyl adjacent to an activating group) is 1. The SMILES string of the molecule is Cc1cnc(CCN(C)Cc2cn(C(C)(C)C)nn2)s1. The first kappa shape index (κ1) is 15.1. The lowest BCUT2D eigenvalue weighted by Crippen LogP contribution is -2.22. The molecule has 110 valence electrons. The summed E-state index contributed by atoms with van der Waals surface area (Å²) in [6, 6.07) is 0. The number of nitrogens with zero attached hydrogens (tertiary/aromatic N) is 5. The summed E-state index contributed by atoms with van der Waals surface area (Å²) in [6.07, 6.45) is 4.96. The fourth-order valence-electron chi connectivity index (χ4n) is 1.86. The van der Waals surface area contributed by atoms with Gasteiger partial charge in [-0.05, 0) is 34.7 Å². The molecule has 2 aromatic rings. The molecule has 0 aliphatic rings. The van der Waals surface area contributed by atoms with Crippen LogP contribution in [0.1, 0.15) is 36.3 Å². The lowest BCUT2D eigenvalue weighted by molar-refractivity contribution is 0.326. The highest BCUT2D eigenvalue weighted by Crippen LogP contribution is 2.14. The largest absolute Gasteiger partial charge is 0.300 e. The van der Waals surface area contributed by atoms with Crippen LogP contribution < -0.4 is 0 Å². The molecule has 0 fully saturated rings. The summed E-state index contributed by atoms with van der Waals surface area (Å²) in [5.41, 5.74) is 1.00. The van der Waals surface area contributed by atoms with E-state index < -0.39 is 0 Å². The zero-order valence-corrected chi connectivity index (χ0v) is 13.7. The topological polar surface area (TPSA) is 46.8 Å². The van der Waals surface area contributed by atoms with Crippen molar-refractivity contribution in [1.29, 1.82) is 0 Å². The van der Waals surface area contributed by atoms with Crippen molar-refractivity contribution in [2.45, 2.75) is 46.2 Å². The molecular weight excluding hydrogens is 270 g/mol. The molecule has 0 N–H and O–H groups in total. The third-order valence-electron chi connectivity index (χ3n) is 3.04. The van der Waals surface area contributed by atoms with E-state index in [0.717, 1.165) is 25.2 Å². The van der Waals surface area contributed by atoms with Gasteiger partial charge in [0.25, 0.3) is 0 Å². The van der Waals surface area contributed by atoms with Crippen LogP contribution in [-0.2, 0) is 18.5 Å². The van der Waals surface area contributed by atoms with E-state index in [9.17, 15) is 0 Å². The van der Waals surface area contributed by atoms with Gasteiger partial charge in [0.15, 0.2) is 0 Å². The molecule has 0 aliphatic heterocycles. The summed E-state index contributed by atoms with van der Waals surface area (Å²) < 4.78 is 1.92. The van der Waals surface area contributed by atoms with Gasteiger partial charge >= 0.3 is 0 Å². The second kappa shape index (κ2) is 6.01. The molecule has 2 rings (SSSR count). The van der Waals surface area contributed by atoms with Crippen LogP contribution in [0.4, 0.5) is 0 Å². The molecule has 5 nitrogen and oxygen atoms in total. The average Bonchev–Trinajstić information content (AvgIpc) is 2.95. The van der Waals surface area contributed by atoms with Crippen molar-refractivity contribution in [3.05, 3.63) is 28.0 Å². The molecule has 20 heavy (non-hydrogen) atoms. The zero-order chi connectivity index (χ0) is 14.8. The fourth-order valence-corrected chi connectivity index (χ4v) is 2.63. The Morgan fingerprint density at radius 1 is 1.35 bits per heavy atom. The summed E-state index contributed by atoms with van der Waals surface area (Å²) >= 11 is 1.77. The molecule has 6 heteroatoms. The van der Waals surface area contributed by atoms with Crippen LogP contribution in [0.15, 0.2) is 12.4 Å². The Balaban J connectivity index is 1.85. The van der Waals surface area contributed by atoms with Gasteiger partial charge in [0, 0.05) is 30.6 Å². The van der Waals surface area contributed by atoms with E-state index in [1.165, 1.54) is 9.88 Å². The molecule has 0 amide bonds. The number of thiazole rings is 1. The van der Waals surface area contributed by atoms with Gasteiger partial charge in [0.2, 0.25) is 0 Å². The minimum absolute atomic E-state index is 0.0117. The molecule has 0 atom stereocenters. The molecule has 0 saturated heterocycles. The first-order valence-electron chi connectivity index (χ1n) is 6.86. The van der Waals surface area contributed by atoms with Crippen molar-refractivity contribution in [3.8, 4) is 0 Å². The molecule has 2 heterocycles. The van der Waals surface area contributed by atoms with Crippen molar-refractivity contribution in [3.63, 3.8) is 0 Å². The van der Waals surface area contributed by atoms with Crippen LogP contribution in [0.3, 0.4) is 0 Å². The second-order valence-electron chi connectivity index (χ2n) is 6.18. The fraction of sp³-hybridized carbons (Fsp3) is 0.643. The number of aryl methyl sites for hydroxylation is 1. The molecule has 2 aromatic heterocycles. The molecule has 0 spiro atoms. The second-order valence-corrected chi connectivity index (χ2v) is 7.50. The number of hydrogen-bond donors (Lipinski definition) is 0. The summed E-state index contributed by atoms with van der Waals surface area (Å²) in [7, 11) is 2.11. The van der Waals surface area contributed by atoms with Crippen molar-refractivity contribution in [2.24, 2.45) is 0 Å². The maximum absolute atomic E-state index is 4.39. The summed E-state index contributed by atoms with van der Waals surface area (Å²) in [6.45, 7) is 10.3. The molecule has 0 radical (unpaired) electrons. The van der Waals surface area contributed by atoms with Crippen LogP contribution in [-0.4, -0.2) is 38.5 Å². The standard InChI is InChI=1S/C14H23N5S/c1-11-8-15-13(20-11)6-7-18(5)9-12-10-19(17-16-12)14(2,3)4/h8,10H,6-7,9H2,1-5H3. The van der Waals surface area contributed by atoms with Crippen LogP contribution in [0.25, 0.3) is 0 Å². The maximum atomic E-state index is 4.39. The smallest absolute Gasteiger partial charge is 0.0967 e. The molecule has 0 bridgehead atoms. The highest BCUT2D eigenvalue weighted by atomic mass is 32.1. The first-order chi connectivity index (χ1) is 9.34. The normalized spacial score (nSPS) is 12.3. The lowest BCUT2D eigenvalue weighted by Gasteiger charge is -2.17. The van der Waals surface area contributed by atoms with E-state index in [4.69, 9.17) is 0 Å². The van der Waals surface area contributed by atoms with Gasteiger partial charge in [-0.2, -0.15) is 0 Å². The summed E-state index contributed by atoms with van der Waals surface area (Å²) in [5, 5.41) is 9.63. The Bertz CT molecular complexity index is 552. The summed E-state index contributed by atoms with van der Waals surface area (Å²) in [5.74, 6) is 0. The van der Waals surface area contributed by atoms with E-state index >= 15 is 0 Å². The van der Waals surface area contributed by atoms with E-state index in [0.29, 0.717) is 0 Å². The molecule has 0 aromatic carbocycles. The van der Waals surface area contributed by atoms with Gasteiger partial charge < -0.3 is 0 Å². The monoisotopic (exact) mass is 293 g/mol. The van der Waals surface area contributed by atoms with Crippen LogP contribution >= 0.6 is 11.3 Å². The first-order valence-corrected chi connectivity index (χ1v) is 7.68. The number of hydrogen-bond acceptors (Lipinski definition) is 5. The van der Waals surface area contributed by atoms with E-state index in [2.05, 4.69) is 54.9 Å². The minimum atomic E-state index is -0.0117. The Morgan fingerprint density at radius 3 is 2.65 bits per heavy atom. The quantitative estimate of drug-likeness (QED) is 0.849. The maximum Gasteiger partial charge on any atom is 0.0967 e. The van der Waals surface area contributed by atoms with Gasteiger partial charge in [-0.25, -0.2) is 9.67 Å². The number of aromatic nitrogens is 4. The molecular formula is C14H23N5S. The van der Waals surface area contributed by atoms with Crippen molar-refractivity contribution in [2.75, 3.05) is 13.6 Å². The molecule has 0 unspecified atom stereocenters. The average molecular weight is 293 g/mol. The van der Waals surface area contributed by atoms with Gasteiger partial charge in [-0.1, -0.05) is 5.21 Å². The third kappa shape index (κ3) is 4.11. The van der Waals surface area contributed by atoms with Gasteiger partial charge in [-0.15, -0.1) is 16.4 Å². The van der Waals surface area contributed by atoms with Crippen LogP contribution in [0.2, 0.25) is 0 Å². The summed E-state index contributed by atoms with van der Waals surface area (Å²) in [4.78, 5) is 7.92. The van der Waals surface area contributed by atoms with Crippen molar-refractivity contribution >= 4 is 11.3 Å². The molecule has 0 saturated carbocycles. The molecule has 0 aliphatic carbocycles. The van der Waals surface area contributed by atoms with Crippen molar-refractivity contribution < 1.29 is 0 Å². The van der Waals surface area contributed by atoms with E-state index in [1.807, 2.05) is 17.1 Å². The van der Waals surface area contributed by atoms with Gasteiger partial charge in [0.1, 0.15) is 0 Å². The predicted molar refractivity (Wildman–Crippen MR) is 81.9 cm³/mol. The predicted octanol–water partition coefficient (Wildman–Crippen LogP) is 2.47. The highest BCUT2D eigenvalue weighted by molar-refractivity contribution is 7.11.